The van der Waals surface area contributed by atoms with Crippen molar-refractivity contribution in [1.82, 2.24) is 4.90 Å². The molecule has 0 heterocycles. The molecule has 0 aromatic heterocycles. The van der Waals surface area contributed by atoms with E-state index in [0.717, 1.165) is 6.54 Å². The third-order valence-electron chi connectivity index (χ3n) is 3.21. The number of ether oxygens (including phenoxy) is 2. The van der Waals surface area contributed by atoms with E-state index >= 15 is 0 Å². The van der Waals surface area contributed by atoms with Crippen LogP contribution in [0.25, 0.3) is 0 Å². The van der Waals surface area contributed by atoms with Crippen LogP contribution in [0.3, 0.4) is 0 Å². The molecule has 1 aliphatic carbocycles. The van der Waals surface area contributed by atoms with Gasteiger partial charge in [0.05, 0.1) is 14.2 Å². The van der Waals surface area contributed by atoms with Gasteiger partial charge in [-0.2, -0.15) is 0 Å². The Bertz CT molecular complexity index is 441. The molecule has 1 aliphatic rings. The van der Waals surface area contributed by atoms with Crippen molar-refractivity contribution in [1.29, 1.82) is 0 Å². The Kier molecular flexibility index (Phi) is 3.75. The Morgan fingerprint density at radius 3 is 2.50 bits per heavy atom. The highest BCUT2D eigenvalue weighted by Crippen LogP contribution is 2.31. The lowest BCUT2D eigenvalue weighted by atomic mass is 10.1. The number of rotatable bonds is 5. The first-order chi connectivity index (χ1) is 8.65. The summed E-state index contributed by atoms with van der Waals surface area (Å²) in [5.74, 6) is 1.95. The van der Waals surface area contributed by atoms with Gasteiger partial charge in [0.25, 0.3) is 5.91 Å². The fraction of sp³-hybridized carbons (Fsp3) is 0.500. The molecule has 0 radical (unpaired) electrons. The number of nitrogens with zero attached hydrogens (tertiary/aromatic N) is 1. The molecule has 1 fully saturated rings. The predicted molar refractivity (Wildman–Crippen MR) is 69.2 cm³/mol. The Morgan fingerprint density at radius 2 is 1.94 bits per heavy atom. The molecule has 98 valence electrons. The van der Waals surface area contributed by atoms with E-state index in [4.69, 9.17) is 9.47 Å². The second kappa shape index (κ2) is 5.29. The van der Waals surface area contributed by atoms with Gasteiger partial charge < -0.3 is 14.4 Å². The van der Waals surface area contributed by atoms with Gasteiger partial charge in [0, 0.05) is 19.2 Å². The minimum Gasteiger partial charge on any atom is -0.493 e. The fourth-order valence-corrected chi connectivity index (χ4v) is 1.96. The summed E-state index contributed by atoms with van der Waals surface area (Å²) in [6.07, 6.45) is 2.48. The molecule has 0 N–H and O–H groups in total. The maximum atomic E-state index is 12.2. The quantitative estimate of drug-likeness (QED) is 0.803. The molecule has 18 heavy (non-hydrogen) atoms. The van der Waals surface area contributed by atoms with Crippen LogP contribution in [0.4, 0.5) is 0 Å². The molecule has 0 saturated heterocycles. The minimum atomic E-state index is 0.0304. The van der Waals surface area contributed by atoms with Crippen LogP contribution in [-0.4, -0.2) is 38.6 Å². The average molecular weight is 249 g/mol. The molecule has 1 aromatic rings. The molecule has 4 nitrogen and oxygen atoms in total. The molecular weight excluding hydrogens is 230 g/mol. The topological polar surface area (TPSA) is 38.8 Å². The molecule has 0 bridgehead atoms. The maximum Gasteiger partial charge on any atom is 0.253 e. The number of hydrogen-bond donors (Lipinski definition) is 0. The van der Waals surface area contributed by atoms with E-state index in [2.05, 4.69) is 0 Å². The summed E-state index contributed by atoms with van der Waals surface area (Å²) in [5.41, 5.74) is 0.635. The molecule has 2 rings (SSSR count). The lowest BCUT2D eigenvalue weighted by Crippen LogP contribution is -2.28. The zero-order valence-corrected chi connectivity index (χ0v) is 11.1. The van der Waals surface area contributed by atoms with E-state index in [9.17, 15) is 4.79 Å². The van der Waals surface area contributed by atoms with Gasteiger partial charge in [0.2, 0.25) is 0 Å². The zero-order valence-electron chi connectivity index (χ0n) is 11.1. The number of benzene rings is 1. The third kappa shape index (κ3) is 2.75. The lowest BCUT2D eigenvalue weighted by molar-refractivity contribution is 0.0788. The molecule has 0 spiro atoms. The highest BCUT2D eigenvalue weighted by Gasteiger charge is 2.25. The smallest absolute Gasteiger partial charge is 0.253 e. The number of carbonyl (C=O) groups excluding carboxylic acids is 1. The van der Waals surface area contributed by atoms with E-state index in [-0.39, 0.29) is 5.91 Å². The lowest BCUT2D eigenvalue weighted by Gasteiger charge is -2.17. The molecule has 0 atom stereocenters. The summed E-state index contributed by atoms with van der Waals surface area (Å²) in [7, 11) is 5.00. The van der Waals surface area contributed by atoms with Crippen LogP contribution in [-0.2, 0) is 0 Å². The summed E-state index contributed by atoms with van der Waals surface area (Å²) in [6.45, 7) is 0.840. The van der Waals surface area contributed by atoms with Gasteiger partial charge in [-0.05, 0) is 37.0 Å². The molecule has 4 heteroatoms. The molecule has 1 aromatic carbocycles. The summed E-state index contributed by atoms with van der Waals surface area (Å²) < 4.78 is 10.4. The van der Waals surface area contributed by atoms with Crippen LogP contribution >= 0.6 is 0 Å². The molecule has 1 amide bonds. The number of methoxy groups -OCH3 is 2. The number of carbonyl (C=O) groups is 1. The highest BCUT2D eigenvalue weighted by atomic mass is 16.5. The van der Waals surface area contributed by atoms with Crippen LogP contribution in [0.15, 0.2) is 18.2 Å². The Balaban J connectivity index is 2.13. The van der Waals surface area contributed by atoms with Gasteiger partial charge in [-0.3, -0.25) is 4.79 Å². The van der Waals surface area contributed by atoms with Crippen molar-refractivity contribution < 1.29 is 14.3 Å². The van der Waals surface area contributed by atoms with E-state index in [1.165, 1.54) is 12.8 Å². The van der Waals surface area contributed by atoms with Crippen molar-refractivity contribution in [2.45, 2.75) is 12.8 Å². The van der Waals surface area contributed by atoms with E-state index < -0.39 is 0 Å². The summed E-state index contributed by atoms with van der Waals surface area (Å²) >= 11 is 0. The predicted octanol–water partition coefficient (Wildman–Crippen LogP) is 2.19. The van der Waals surface area contributed by atoms with Crippen LogP contribution in [0.1, 0.15) is 23.2 Å². The second-order valence-corrected chi connectivity index (χ2v) is 4.70. The van der Waals surface area contributed by atoms with Crippen LogP contribution in [0.2, 0.25) is 0 Å². The van der Waals surface area contributed by atoms with Crippen LogP contribution < -0.4 is 9.47 Å². The summed E-state index contributed by atoms with van der Waals surface area (Å²) in [4.78, 5) is 14.0. The zero-order chi connectivity index (χ0) is 13.1. The maximum absolute atomic E-state index is 12.2. The van der Waals surface area contributed by atoms with Gasteiger partial charge in [-0.15, -0.1) is 0 Å². The van der Waals surface area contributed by atoms with Crippen molar-refractivity contribution in [2.24, 2.45) is 5.92 Å². The minimum absolute atomic E-state index is 0.0304. The third-order valence-corrected chi connectivity index (χ3v) is 3.21. The summed E-state index contributed by atoms with van der Waals surface area (Å²) in [6, 6.07) is 5.26. The Hall–Kier alpha value is -1.71. The van der Waals surface area contributed by atoms with Crippen molar-refractivity contribution in [3.8, 4) is 11.5 Å². The van der Waals surface area contributed by atoms with Gasteiger partial charge in [-0.25, -0.2) is 0 Å². The normalized spacial score (nSPS) is 14.2. The SMILES string of the molecule is COc1ccc(C(=O)N(C)CC2CC2)cc1OC. The first kappa shape index (κ1) is 12.7. The van der Waals surface area contributed by atoms with Crippen molar-refractivity contribution in [3.63, 3.8) is 0 Å². The molecular formula is C14H19NO3. The van der Waals surface area contributed by atoms with E-state index in [1.807, 2.05) is 7.05 Å². The second-order valence-electron chi connectivity index (χ2n) is 4.70. The van der Waals surface area contributed by atoms with Gasteiger partial charge in [0.15, 0.2) is 11.5 Å². The van der Waals surface area contributed by atoms with Gasteiger partial charge in [0.1, 0.15) is 0 Å². The van der Waals surface area contributed by atoms with Crippen molar-refractivity contribution in [2.75, 3.05) is 27.8 Å². The average Bonchev–Trinajstić information content (AvgIpc) is 3.20. The van der Waals surface area contributed by atoms with Crippen molar-refractivity contribution >= 4 is 5.91 Å². The Morgan fingerprint density at radius 1 is 1.28 bits per heavy atom. The highest BCUT2D eigenvalue weighted by molar-refractivity contribution is 5.94. The van der Waals surface area contributed by atoms with Crippen LogP contribution in [0.5, 0.6) is 11.5 Å². The summed E-state index contributed by atoms with van der Waals surface area (Å²) in [5, 5.41) is 0. The number of hydrogen-bond acceptors (Lipinski definition) is 3. The first-order valence-corrected chi connectivity index (χ1v) is 6.13. The van der Waals surface area contributed by atoms with Crippen LogP contribution in [0, 0.1) is 5.92 Å². The van der Waals surface area contributed by atoms with Gasteiger partial charge in [-0.1, -0.05) is 0 Å². The first-order valence-electron chi connectivity index (χ1n) is 6.13. The standard InChI is InChI=1S/C14H19NO3/c1-15(9-10-4-5-10)14(16)11-6-7-12(17-2)13(8-11)18-3/h6-8,10H,4-5,9H2,1-3H3. The number of amides is 1. The van der Waals surface area contributed by atoms with Crippen molar-refractivity contribution in [3.05, 3.63) is 23.8 Å². The molecule has 0 unspecified atom stereocenters. The van der Waals surface area contributed by atoms with E-state index in [0.29, 0.717) is 23.0 Å². The Labute approximate surface area is 107 Å². The molecule has 0 aliphatic heterocycles. The van der Waals surface area contributed by atoms with Gasteiger partial charge >= 0.3 is 0 Å². The van der Waals surface area contributed by atoms with E-state index in [1.54, 1.807) is 37.3 Å². The molecule has 1 saturated carbocycles. The fourth-order valence-electron chi connectivity index (χ4n) is 1.96. The largest absolute Gasteiger partial charge is 0.493 e. The monoisotopic (exact) mass is 249 g/mol.